The molecule has 3 unspecified atom stereocenters. The molecule has 0 bridgehead atoms. The predicted octanol–water partition coefficient (Wildman–Crippen LogP) is -8.13. The molecule has 9 N–H and O–H groups in total. The molecule has 0 amide bonds. The second-order valence-electron chi connectivity index (χ2n) is 2.99. The molecule has 3 atom stereocenters. The van der Waals surface area contributed by atoms with Crippen LogP contribution in [-0.2, 0) is 31.5 Å². The Hall–Kier alpha value is -1.31. The standard InChI is InChI=1S/3C3H6O3.Fe.3H2O/c3*1-2(4)3(5)6;;;;/h3*2,4H,1H3,(H,5,6);;3*1H2/q;;;+3;;;/p-3. The Morgan fingerprint density at radius 1 is 0.636 bits per heavy atom. The van der Waals surface area contributed by atoms with Crippen LogP contribution in [0, 0.1) is 0 Å². The van der Waals surface area contributed by atoms with Crippen molar-refractivity contribution in [2.75, 3.05) is 0 Å². The summed E-state index contributed by atoms with van der Waals surface area (Å²) < 4.78 is 0. The van der Waals surface area contributed by atoms with Gasteiger partial charge in [-0.3, -0.25) is 0 Å². The summed E-state index contributed by atoms with van der Waals surface area (Å²) in [6.45, 7) is 3.40. The molecule has 0 spiro atoms. The molecule has 0 fully saturated rings. The van der Waals surface area contributed by atoms with Gasteiger partial charge in [-0.15, -0.1) is 0 Å². The van der Waals surface area contributed by atoms with Gasteiger partial charge in [-0.05, 0) is 20.8 Å². The fourth-order valence-corrected chi connectivity index (χ4v) is 0. The van der Waals surface area contributed by atoms with Crippen LogP contribution in [0.15, 0.2) is 0 Å². The second kappa shape index (κ2) is 24.7. The second-order valence-corrected chi connectivity index (χ2v) is 2.99. The average Bonchev–Trinajstić information content (AvgIpc) is 2.18. The van der Waals surface area contributed by atoms with E-state index in [1.54, 1.807) is 0 Å². The molecule has 0 heterocycles. The van der Waals surface area contributed by atoms with Crippen molar-refractivity contribution >= 4 is 17.9 Å². The summed E-state index contributed by atoms with van der Waals surface area (Å²) in [6, 6.07) is 0. The monoisotopic (exact) mass is 377 g/mol. The molecule has 0 aliphatic heterocycles. The predicted molar refractivity (Wildman–Crippen MR) is 60.9 cm³/mol. The van der Waals surface area contributed by atoms with Gasteiger partial charge < -0.3 is 61.5 Å². The van der Waals surface area contributed by atoms with Crippen molar-refractivity contribution in [1.29, 1.82) is 0 Å². The van der Waals surface area contributed by atoms with Crippen LogP contribution in [0.25, 0.3) is 0 Å². The molecule has 0 rings (SSSR count). The summed E-state index contributed by atoms with van der Waals surface area (Å²) in [5.41, 5.74) is 0. The third-order valence-electron chi connectivity index (χ3n) is 1.02. The molecule has 0 saturated carbocycles. The van der Waals surface area contributed by atoms with Gasteiger partial charge in [-0.25, -0.2) is 0 Å². The van der Waals surface area contributed by atoms with E-state index in [4.69, 9.17) is 15.3 Å². The van der Waals surface area contributed by atoms with Crippen LogP contribution in [-0.4, -0.2) is 68.0 Å². The fraction of sp³-hybridized carbons (Fsp3) is 0.667. The van der Waals surface area contributed by atoms with Gasteiger partial charge in [0.15, 0.2) is 0 Å². The van der Waals surface area contributed by atoms with Gasteiger partial charge in [0, 0.05) is 0 Å². The SMILES string of the molecule is CC(O)C(=O)[O-].CC(O)C(=O)[O-].CC(O)C(=O)[O-].O.O.O.[Fe+3]. The van der Waals surface area contributed by atoms with Gasteiger partial charge in [0.1, 0.15) is 0 Å². The number of aliphatic carboxylic acids is 3. The molecule has 12 nitrogen and oxygen atoms in total. The van der Waals surface area contributed by atoms with Crippen LogP contribution in [0.4, 0.5) is 0 Å². The van der Waals surface area contributed by atoms with Crippen molar-refractivity contribution in [2.24, 2.45) is 0 Å². The van der Waals surface area contributed by atoms with Crippen LogP contribution in [0.3, 0.4) is 0 Å². The number of aliphatic hydroxyl groups is 3. The van der Waals surface area contributed by atoms with Crippen LogP contribution in [0.5, 0.6) is 0 Å². The van der Waals surface area contributed by atoms with Crippen molar-refractivity contribution in [2.45, 2.75) is 39.1 Å². The molecule has 0 aromatic carbocycles. The number of carboxylic acid groups (broad SMARTS) is 3. The van der Waals surface area contributed by atoms with Crippen LogP contribution < -0.4 is 15.3 Å². The van der Waals surface area contributed by atoms with E-state index >= 15 is 0 Å². The number of hydrogen-bond acceptors (Lipinski definition) is 9. The minimum atomic E-state index is -1.44. The van der Waals surface area contributed by atoms with E-state index in [1.807, 2.05) is 0 Å². The molecule has 0 aromatic rings. The normalized spacial score (nSPS) is 11.2. The zero-order valence-electron chi connectivity index (χ0n) is 11.9. The molecule has 0 aliphatic rings. The maximum Gasteiger partial charge on any atom is 3.00 e. The van der Waals surface area contributed by atoms with E-state index in [0.717, 1.165) is 20.8 Å². The minimum absolute atomic E-state index is 0. The molecule has 0 aliphatic carbocycles. The number of hydrogen-bond donors (Lipinski definition) is 3. The third kappa shape index (κ3) is 51.2. The summed E-state index contributed by atoms with van der Waals surface area (Å²) in [6.07, 6.45) is -4.03. The maximum atomic E-state index is 9.34. The Morgan fingerprint density at radius 2 is 0.682 bits per heavy atom. The van der Waals surface area contributed by atoms with Gasteiger partial charge in [0.2, 0.25) is 0 Å². The van der Waals surface area contributed by atoms with Gasteiger partial charge in [0.25, 0.3) is 0 Å². The van der Waals surface area contributed by atoms with Crippen LogP contribution in [0.1, 0.15) is 20.8 Å². The minimum Gasteiger partial charge on any atom is -0.547 e. The topological polar surface area (TPSA) is 276 Å². The first-order valence-corrected chi connectivity index (χ1v) is 4.60. The van der Waals surface area contributed by atoms with E-state index in [-0.39, 0.29) is 33.5 Å². The molecular weight excluding hydrogens is 356 g/mol. The summed E-state index contributed by atoms with van der Waals surface area (Å²) >= 11 is 0. The average molecular weight is 377 g/mol. The summed E-state index contributed by atoms with van der Waals surface area (Å²) in [4.78, 5) is 28.0. The molecule has 22 heavy (non-hydrogen) atoms. The third-order valence-corrected chi connectivity index (χ3v) is 1.02. The quantitative estimate of drug-likeness (QED) is 0.393. The van der Waals surface area contributed by atoms with E-state index in [2.05, 4.69) is 0 Å². The van der Waals surface area contributed by atoms with E-state index in [1.165, 1.54) is 0 Å². The van der Waals surface area contributed by atoms with Crippen LogP contribution >= 0.6 is 0 Å². The number of carbonyl (C=O) groups is 3. The molecule has 13 heteroatoms. The Labute approximate surface area is 136 Å². The van der Waals surface area contributed by atoms with E-state index in [0.29, 0.717) is 0 Å². The molecule has 1 radical (unpaired) electrons. The zero-order chi connectivity index (χ0) is 15.5. The Kier molecular flexibility index (Phi) is 48.0. The summed E-state index contributed by atoms with van der Waals surface area (Å²) in [5.74, 6) is -4.31. The number of carbonyl (C=O) groups excluding carboxylic acids is 3. The van der Waals surface area contributed by atoms with Crippen molar-refractivity contribution in [3.63, 3.8) is 0 Å². The number of rotatable bonds is 3. The van der Waals surface area contributed by atoms with Crippen molar-refractivity contribution in [3.8, 4) is 0 Å². The Bertz CT molecular complexity index is 223. The molecule has 0 aromatic heterocycles. The fourth-order valence-electron chi connectivity index (χ4n) is 0. The zero-order valence-corrected chi connectivity index (χ0v) is 13.0. The van der Waals surface area contributed by atoms with Crippen molar-refractivity contribution in [1.82, 2.24) is 0 Å². The van der Waals surface area contributed by atoms with E-state index < -0.39 is 36.2 Å². The molecule has 137 valence electrons. The largest absolute Gasteiger partial charge is 3.00 e. The Morgan fingerprint density at radius 3 is 0.682 bits per heavy atom. The Balaban J connectivity index is -0.0000000281. The van der Waals surface area contributed by atoms with Crippen molar-refractivity contribution in [3.05, 3.63) is 0 Å². The van der Waals surface area contributed by atoms with Gasteiger partial charge in [0.05, 0.1) is 36.2 Å². The van der Waals surface area contributed by atoms with E-state index in [9.17, 15) is 29.7 Å². The maximum absolute atomic E-state index is 9.34. The first-order chi connectivity index (χ1) is 7.93. The van der Waals surface area contributed by atoms with Crippen molar-refractivity contribution < 1.29 is 78.5 Å². The summed E-state index contributed by atoms with van der Waals surface area (Å²) in [7, 11) is 0. The first kappa shape index (κ1) is 42.8. The van der Waals surface area contributed by atoms with Gasteiger partial charge in [-0.1, -0.05) is 0 Å². The first-order valence-electron chi connectivity index (χ1n) is 4.60. The molecular formula is C9H21FeO12. The number of carboxylic acids is 3. The van der Waals surface area contributed by atoms with Crippen LogP contribution in [0.2, 0.25) is 0 Å². The summed E-state index contributed by atoms with van der Waals surface area (Å²) in [5, 5.41) is 51.9. The number of aliphatic hydroxyl groups excluding tert-OH is 3. The smallest absolute Gasteiger partial charge is 0.547 e. The molecule has 0 saturated heterocycles. The van der Waals surface area contributed by atoms with Gasteiger partial charge >= 0.3 is 17.1 Å². The van der Waals surface area contributed by atoms with Gasteiger partial charge in [-0.2, -0.15) is 0 Å².